The second kappa shape index (κ2) is 11.5. The predicted molar refractivity (Wildman–Crippen MR) is 78.2 cm³/mol. The summed E-state index contributed by atoms with van der Waals surface area (Å²) in [7, 11) is -4.36. The Morgan fingerprint density at radius 1 is 1.26 bits per heavy atom. The molecule has 10 nitrogen and oxygen atoms in total. The van der Waals surface area contributed by atoms with E-state index in [0.29, 0.717) is 6.42 Å². The summed E-state index contributed by atoms with van der Waals surface area (Å²) in [6, 6.07) is 0. The fourth-order valence-electron chi connectivity index (χ4n) is 1.31. The fourth-order valence-corrected chi connectivity index (χ4v) is 2.06. The molecule has 0 saturated carbocycles. The van der Waals surface area contributed by atoms with Gasteiger partial charge in [-0.3, -0.25) is 18.6 Å². The number of hydrogen-bond acceptors (Lipinski definition) is 8. The van der Waals surface area contributed by atoms with Gasteiger partial charge in [0, 0.05) is 19.9 Å². The zero-order valence-corrected chi connectivity index (χ0v) is 14.3. The van der Waals surface area contributed by atoms with Gasteiger partial charge >= 0.3 is 13.8 Å². The van der Waals surface area contributed by atoms with Crippen molar-refractivity contribution in [1.29, 1.82) is 0 Å². The van der Waals surface area contributed by atoms with E-state index in [4.69, 9.17) is 19.1 Å². The first-order valence-corrected chi connectivity index (χ1v) is 8.51. The molecule has 0 aliphatic rings. The molecule has 0 aromatic carbocycles. The van der Waals surface area contributed by atoms with Crippen LogP contribution in [0, 0.1) is 0 Å². The third-order valence-corrected chi connectivity index (χ3v) is 3.27. The van der Waals surface area contributed by atoms with Crippen LogP contribution in [0.5, 0.6) is 0 Å². The molecular formula is C12H24NO9P. The lowest BCUT2D eigenvalue weighted by molar-refractivity contribution is -0.165. The van der Waals surface area contributed by atoms with Crippen LogP contribution in [-0.2, 0) is 32.7 Å². The first-order valence-electron chi connectivity index (χ1n) is 7.01. The number of aliphatic hydroxyl groups excluding tert-OH is 1. The number of aliphatic hydroxyl groups is 1. The van der Waals surface area contributed by atoms with Crippen molar-refractivity contribution >= 4 is 19.7 Å². The van der Waals surface area contributed by atoms with Gasteiger partial charge in [-0.2, -0.15) is 0 Å². The number of rotatable bonds is 12. The Labute approximate surface area is 134 Å². The monoisotopic (exact) mass is 357 g/mol. The number of carbonyl (C=O) groups is 2. The van der Waals surface area contributed by atoms with Crippen molar-refractivity contribution in [2.24, 2.45) is 0 Å². The van der Waals surface area contributed by atoms with Crippen molar-refractivity contribution in [2.75, 3.05) is 26.4 Å². The third-order valence-electron chi connectivity index (χ3n) is 2.29. The van der Waals surface area contributed by atoms with Crippen LogP contribution in [0.15, 0.2) is 0 Å². The summed E-state index contributed by atoms with van der Waals surface area (Å²) < 4.78 is 30.7. The Kier molecular flexibility index (Phi) is 11.0. The molecule has 0 saturated heterocycles. The average Bonchev–Trinajstić information content (AvgIpc) is 2.45. The zero-order valence-electron chi connectivity index (χ0n) is 13.4. The first kappa shape index (κ1) is 22.0. The maximum absolute atomic E-state index is 11.6. The van der Waals surface area contributed by atoms with Crippen LogP contribution < -0.4 is 5.32 Å². The average molecular weight is 357 g/mol. The van der Waals surface area contributed by atoms with E-state index in [2.05, 4.69) is 9.84 Å². The quantitative estimate of drug-likeness (QED) is 0.189. The molecule has 0 rings (SSSR count). The SMILES string of the molecule is CCC(=O)NCCOP(=O)(O)OC[C@@H](COC(C)=O)OC(C)O. The lowest BCUT2D eigenvalue weighted by atomic mass is 10.4. The minimum atomic E-state index is -4.36. The molecule has 0 fully saturated rings. The molecule has 0 aromatic heterocycles. The van der Waals surface area contributed by atoms with Gasteiger partial charge in [0.2, 0.25) is 5.91 Å². The third kappa shape index (κ3) is 13.1. The predicted octanol–water partition coefficient (Wildman–Crippen LogP) is -0.0672. The van der Waals surface area contributed by atoms with Crippen LogP contribution in [-0.4, -0.2) is 60.6 Å². The van der Waals surface area contributed by atoms with Gasteiger partial charge in [-0.1, -0.05) is 6.92 Å². The lowest BCUT2D eigenvalue weighted by Gasteiger charge is -2.20. The molecule has 0 spiro atoms. The van der Waals surface area contributed by atoms with E-state index in [1.807, 2.05) is 0 Å². The summed E-state index contributed by atoms with van der Waals surface area (Å²) in [5.74, 6) is -0.784. The van der Waals surface area contributed by atoms with E-state index >= 15 is 0 Å². The topological polar surface area (TPSA) is 141 Å². The molecular weight excluding hydrogens is 333 g/mol. The van der Waals surface area contributed by atoms with Gasteiger partial charge in [0.1, 0.15) is 12.7 Å². The van der Waals surface area contributed by atoms with E-state index in [9.17, 15) is 19.0 Å². The summed E-state index contributed by atoms with van der Waals surface area (Å²) in [6.45, 7) is 3.33. The number of amides is 1. The lowest BCUT2D eigenvalue weighted by Crippen LogP contribution is -2.30. The Hall–Kier alpha value is -1.03. The van der Waals surface area contributed by atoms with E-state index in [-0.39, 0.29) is 25.7 Å². The van der Waals surface area contributed by atoms with Crippen molar-refractivity contribution in [2.45, 2.75) is 39.6 Å². The minimum Gasteiger partial charge on any atom is -0.463 e. The van der Waals surface area contributed by atoms with Crippen molar-refractivity contribution in [3.05, 3.63) is 0 Å². The van der Waals surface area contributed by atoms with Crippen LogP contribution in [0.4, 0.5) is 0 Å². The first-order chi connectivity index (χ1) is 10.7. The Morgan fingerprint density at radius 2 is 1.91 bits per heavy atom. The van der Waals surface area contributed by atoms with Gasteiger partial charge < -0.3 is 24.8 Å². The number of nitrogens with one attached hydrogen (secondary N) is 1. The summed E-state index contributed by atoms with van der Waals surface area (Å²) in [4.78, 5) is 31.2. The Bertz CT molecular complexity index is 415. The fraction of sp³-hybridized carbons (Fsp3) is 0.833. The molecule has 0 aliphatic heterocycles. The van der Waals surface area contributed by atoms with Crippen LogP contribution in [0.1, 0.15) is 27.2 Å². The van der Waals surface area contributed by atoms with E-state index in [1.54, 1.807) is 6.92 Å². The molecule has 23 heavy (non-hydrogen) atoms. The molecule has 2 unspecified atom stereocenters. The molecule has 136 valence electrons. The zero-order chi connectivity index (χ0) is 17.9. The molecule has 3 N–H and O–H groups in total. The highest BCUT2D eigenvalue weighted by Gasteiger charge is 2.25. The summed E-state index contributed by atoms with van der Waals surface area (Å²) in [5.41, 5.74) is 0. The number of carbonyl (C=O) groups excluding carboxylic acids is 2. The van der Waals surface area contributed by atoms with Gasteiger partial charge in [-0.05, 0) is 6.92 Å². The Balaban J connectivity index is 4.19. The number of hydrogen-bond donors (Lipinski definition) is 3. The normalized spacial score (nSPS) is 16.2. The molecule has 0 bridgehead atoms. The van der Waals surface area contributed by atoms with Crippen LogP contribution in [0.2, 0.25) is 0 Å². The minimum absolute atomic E-state index is 0.0572. The number of esters is 1. The maximum Gasteiger partial charge on any atom is 0.472 e. The molecule has 0 aromatic rings. The van der Waals surface area contributed by atoms with Gasteiger partial charge in [-0.25, -0.2) is 4.57 Å². The standard InChI is InChI=1S/C12H24NO9P/c1-4-12(16)13-5-6-20-23(17,18)21-8-11(22-10(3)15)7-19-9(2)14/h10-11,15H,4-8H2,1-3H3,(H,13,16)(H,17,18)/t10?,11-/m1/s1. The molecule has 1 amide bonds. The van der Waals surface area contributed by atoms with Crippen LogP contribution in [0.25, 0.3) is 0 Å². The van der Waals surface area contributed by atoms with Crippen LogP contribution >= 0.6 is 7.82 Å². The smallest absolute Gasteiger partial charge is 0.463 e. The number of phosphoric acid groups is 1. The summed E-state index contributed by atoms with van der Waals surface area (Å²) >= 11 is 0. The highest BCUT2D eigenvalue weighted by molar-refractivity contribution is 7.47. The molecule has 0 aliphatic carbocycles. The summed E-state index contributed by atoms with van der Waals surface area (Å²) in [6.07, 6.45) is -1.83. The van der Waals surface area contributed by atoms with Crippen LogP contribution in [0.3, 0.4) is 0 Å². The molecule has 0 radical (unpaired) electrons. The largest absolute Gasteiger partial charge is 0.472 e. The van der Waals surface area contributed by atoms with E-state index < -0.39 is 32.8 Å². The second-order valence-electron chi connectivity index (χ2n) is 4.46. The van der Waals surface area contributed by atoms with Crippen molar-refractivity contribution in [3.8, 4) is 0 Å². The number of phosphoric ester groups is 1. The van der Waals surface area contributed by atoms with E-state index in [0.717, 1.165) is 0 Å². The highest BCUT2D eigenvalue weighted by Crippen LogP contribution is 2.43. The summed E-state index contributed by atoms with van der Waals surface area (Å²) in [5, 5.41) is 11.6. The number of ether oxygens (including phenoxy) is 2. The van der Waals surface area contributed by atoms with Crippen molar-refractivity contribution in [1.82, 2.24) is 5.32 Å². The van der Waals surface area contributed by atoms with Crippen molar-refractivity contribution in [3.63, 3.8) is 0 Å². The van der Waals surface area contributed by atoms with Gasteiger partial charge in [0.25, 0.3) is 0 Å². The molecule has 3 atom stereocenters. The molecule has 11 heteroatoms. The van der Waals surface area contributed by atoms with Crippen molar-refractivity contribution < 1.29 is 42.7 Å². The van der Waals surface area contributed by atoms with Gasteiger partial charge in [0.15, 0.2) is 6.29 Å². The van der Waals surface area contributed by atoms with Gasteiger partial charge in [0.05, 0.1) is 13.2 Å². The molecule has 0 heterocycles. The highest BCUT2D eigenvalue weighted by atomic mass is 31.2. The Morgan fingerprint density at radius 3 is 2.43 bits per heavy atom. The maximum atomic E-state index is 11.6. The van der Waals surface area contributed by atoms with Gasteiger partial charge in [-0.15, -0.1) is 0 Å². The second-order valence-corrected chi connectivity index (χ2v) is 5.91. The van der Waals surface area contributed by atoms with E-state index in [1.165, 1.54) is 13.8 Å².